The lowest BCUT2D eigenvalue weighted by atomic mass is 10.4. The first-order valence-electron chi connectivity index (χ1n) is 6.34. The summed E-state index contributed by atoms with van der Waals surface area (Å²) in [6.07, 6.45) is 0. The van der Waals surface area contributed by atoms with Crippen molar-refractivity contribution in [3.8, 4) is 10.6 Å². The van der Waals surface area contributed by atoms with Gasteiger partial charge in [0, 0.05) is 31.1 Å². The highest BCUT2D eigenvalue weighted by molar-refractivity contribution is 7.52. The maximum atomic E-state index is 2.38. The van der Waals surface area contributed by atoms with Crippen molar-refractivity contribution >= 4 is 53.2 Å². The highest BCUT2D eigenvalue weighted by Gasteiger charge is 2.03. The van der Waals surface area contributed by atoms with Gasteiger partial charge in [0.15, 0.2) is 0 Å². The third-order valence-electron chi connectivity index (χ3n) is 3.16. The van der Waals surface area contributed by atoms with Crippen LogP contribution < -0.4 is 0 Å². The van der Waals surface area contributed by atoms with Crippen LogP contribution in [0.15, 0.2) is 60.1 Å². The molecule has 0 N–H and O–H groups in total. The Hall–Kier alpha value is -0.880. The number of hydrogen-bond acceptors (Lipinski definition) is 0. The third kappa shape index (κ3) is 2.39. The van der Waals surface area contributed by atoms with Gasteiger partial charge in [-0.05, 0) is 35.9 Å². The number of hydrogen-bond donors (Lipinski definition) is 0. The van der Waals surface area contributed by atoms with Gasteiger partial charge in [-0.2, -0.15) is 0 Å². The molecule has 0 nitrogen and oxygen atoms in total. The van der Waals surface area contributed by atoms with Crippen molar-refractivity contribution in [1.29, 1.82) is 0 Å². The molecular formula is C16H10P4. The van der Waals surface area contributed by atoms with Crippen LogP contribution in [-0.4, -0.2) is 0 Å². The Morgan fingerprint density at radius 1 is 0.500 bits per heavy atom. The maximum absolute atomic E-state index is 2.38. The van der Waals surface area contributed by atoms with Crippen LogP contribution in [0.2, 0.25) is 0 Å². The third-order valence-corrected chi connectivity index (χ3v) is 8.69. The van der Waals surface area contributed by atoms with Crippen molar-refractivity contribution in [3.63, 3.8) is 0 Å². The molecular weight excluding hydrogens is 316 g/mol. The molecule has 0 saturated heterocycles. The molecule has 0 atom stereocenters. The molecule has 4 rings (SSSR count). The summed E-state index contributed by atoms with van der Waals surface area (Å²) in [6, 6.07) is 17.5. The molecule has 0 radical (unpaired) electrons. The molecule has 0 saturated carbocycles. The van der Waals surface area contributed by atoms with Crippen molar-refractivity contribution in [2.45, 2.75) is 0 Å². The second-order valence-electron chi connectivity index (χ2n) is 4.49. The minimum Gasteiger partial charge on any atom is -0.0664 e. The van der Waals surface area contributed by atoms with Crippen LogP contribution in [0.1, 0.15) is 0 Å². The molecule has 4 heteroatoms. The second kappa shape index (κ2) is 5.48. The summed E-state index contributed by atoms with van der Waals surface area (Å²) >= 11 is 0. The molecule has 0 fully saturated rings. The van der Waals surface area contributed by atoms with Gasteiger partial charge in [0.05, 0.1) is 0 Å². The molecule has 0 unspecified atom stereocenters. The van der Waals surface area contributed by atoms with E-state index < -0.39 is 0 Å². The van der Waals surface area contributed by atoms with Gasteiger partial charge in [0.25, 0.3) is 0 Å². The summed E-state index contributed by atoms with van der Waals surface area (Å²) in [5.74, 6) is 4.76. The Morgan fingerprint density at radius 2 is 0.900 bits per heavy atom. The Bertz CT molecular complexity index is 841. The Kier molecular flexibility index (Phi) is 3.52. The predicted octanol–water partition coefficient (Wildman–Crippen LogP) is 7.98. The van der Waals surface area contributed by atoms with Gasteiger partial charge >= 0.3 is 0 Å². The summed E-state index contributed by atoms with van der Waals surface area (Å²) in [4.78, 5) is 0. The summed E-state index contributed by atoms with van der Waals surface area (Å²) in [5, 5.41) is 8.77. The number of rotatable bonds is 1. The van der Waals surface area contributed by atoms with Gasteiger partial charge in [-0.3, -0.25) is 0 Å². The van der Waals surface area contributed by atoms with E-state index in [1.54, 1.807) is 0 Å². The maximum Gasteiger partial charge on any atom is 0.0192 e. The minimum atomic E-state index is 1.33. The van der Waals surface area contributed by atoms with E-state index in [2.05, 4.69) is 60.1 Å². The molecule has 0 aliphatic rings. The van der Waals surface area contributed by atoms with Crippen molar-refractivity contribution < 1.29 is 0 Å². The summed E-state index contributed by atoms with van der Waals surface area (Å²) in [7, 11) is 5.39. The van der Waals surface area contributed by atoms with E-state index in [9.17, 15) is 0 Å². The van der Waals surface area contributed by atoms with Crippen LogP contribution >= 0.6 is 32.8 Å². The van der Waals surface area contributed by atoms with E-state index in [0.717, 1.165) is 0 Å². The Morgan fingerprint density at radius 3 is 1.35 bits per heavy atom. The Labute approximate surface area is 124 Å². The fraction of sp³-hybridized carbons (Fsp3) is 0. The van der Waals surface area contributed by atoms with Gasteiger partial charge in [-0.25, -0.2) is 0 Å². The van der Waals surface area contributed by atoms with Gasteiger partial charge in [-0.15, -0.1) is 0 Å². The quantitative estimate of drug-likeness (QED) is 0.332. The average Bonchev–Trinajstić information content (AvgIpc) is 2.54. The van der Waals surface area contributed by atoms with Crippen molar-refractivity contribution in [1.82, 2.24) is 0 Å². The van der Waals surface area contributed by atoms with Gasteiger partial charge in [0.1, 0.15) is 0 Å². The zero-order valence-electron chi connectivity index (χ0n) is 10.6. The van der Waals surface area contributed by atoms with Crippen LogP contribution in [0, 0.1) is 0 Å². The normalized spacial score (nSPS) is 12.6. The van der Waals surface area contributed by atoms with E-state index >= 15 is 0 Å². The zero-order valence-corrected chi connectivity index (χ0v) is 14.1. The number of fused-ring (bicyclic) bond motifs is 2. The predicted molar refractivity (Wildman–Crippen MR) is 96.9 cm³/mol. The summed E-state index contributed by atoms with van der Waals surface area (Å²) in [6.45, 7) is 0. The molecule has 0 spiro atoms. The van der Waals surface area contributed by atoms with E-state index in [1.807, 2.05) is 0 Å². The van der Waals surface area contributed by atoms with Gasteiger partial charge < -0.3 is 0 Å². The fourth-order valence-electron chi connectivity index (χ4n) is 2.16. The summed E-state index contributed by atoms with van der Waals surface area (Å²) < 4.78 is 0. The average molecular weight is 326 g/mol. The van der Waals surface area contributed by atoms with E-state index in [1.165, 1.54) is 63.8 Å². The largest absolute Gasteiger partial charge is 0.0664 e. The molecule has 0 aliphatic heterocycles. The molecule has 0 aliphatic carbocycles. The topological polar surface area (TPSA) is 0 Å². The van der Waals surface area contributed by atoms with Crippen LogP contribution in [0.4, 0.5) is 0 Å². The van der Waals surface area contributed by atoms with Crippen LogP contribution in [0.25, 0.3) is 31.1 Å². The molecule has 0 bridgehead atoms. The van der Waals surface area contributed by atoms with Gasteiger partial charge in [0.2, 0.25) is 0 Å². The number of benzene rings is 2. The van der Waals surface area contributed by atoms with Crippen molar-refractivity contribution in [2.24, 2.45) is 0 Å². The SMILES string of the molecule is c1ccc2pc(-c3cpc4ccccc4p3)cpc2c1. The smallest absolute Gasteiger partial charge is 0.0192 e. The van der Waals surface area contributed by atoms with E-state index in [4.69, 9.17) is 0 Å². The van der Waals surface area contributed by atoms with Crippen LogP contribution in [0.5, 0.6) is 0 Å². The van der Waals surface area contributed by atoms with Crippen LogP contribution in [-0.2, 0) is 0 Å². The monoisotopic (exact) mass is 326 g/mol. The standard InChI is InChI=1S/C16H10P4/c1-3-7-13-11(5-1)17-9-15(19-13)16-10-18-12-6-2-4-8-14(12)20-16/h1-10H. The first kappa shape index (κ1) is 12.8. The minimum absolute atomic E-state index is 1.33. The molecule has 0 amide bonds. The lowest BCUT2D eigenvalue weighted by Gasteiger charge is -2.04. The first-order chi connectivity index (χ1) is 9.90. The lowest BCUT2D eigenvalue weighted by Crippen LogP contribution is -1.68. The molecule has 4 aromatic rings. The molecule has 2 aromatic carbocycles. The van der Waals surface area contributed by atoms with Crippen molar-refractivity contribution in [2.75, 3.05) is 0 Å². The molecule has 20 heavy (non-hydrogen) atoms. The van der Waals surface area contributed by atoms with E-state index in [0.29, 0.717) is 0 Å². The van der Waals surface area contributed by atoms with E-state index in [-0.39, 0.29) is 0 Å². The Balaban J connectivity index is 1.91. The van der Waals surface area contributed by atoms with Crippen molar-refractivity contribution in [3.05, 3.63) is 60.1 Å². The molecule has 2 heterocycles. The highest BCUT2D eigenvalue weighted by atomic mass is 31.1. The lowest BCUT2D eigenvalue weighted by molar-refractivity contribution is 1.88. The summed E-state index contributed by atoms with van der Waals surface area (Å²) in [5.41, 5.74) is 0. The zero-order chi connectivity index (χ0) is 13.4. The molecule has 2 aromatic heterocycles. The first-order valence-corrected chi connectivity index (χ1v) is 10.1. The molecule has 94 valence electrons. The van der Waals surface area contributed by atoms with Gasteiger partial charge in [-0.1, -0.05) is 57.0 Å². The fourth-order valence-corrected chi connectivity index (χ4v) is 7.26. The second-order valence-corrected chi connectivity index (χ2v) is 8.86. The van der Waals surface area contributed by atoms with Crippen LogP contribution in [0.3, 0.4) is 0 Å². The highest BCUT2D eigenvalue weighted by Crippen LogP contribution is 2.45.